The third-order valence-corrected chi connectivity index (χ3v) is 3.19. The first kappa shape index (κ1) is 12.1. The summed E-state index contributed by atoms with van der Waals surface area (Å²) < 4.78 is 0. The summed E-state index contributed by atoms with van der Waals surface area (Å²) in [6.45, 7) is 2.40. The standard InChI is InChI=1S/C14H19NO2/c1-2-10-3-5-11(6-4-10)13(16)9-15-14(17)12-7-8-12/h3-6,12-13,16H,2,7-9H2,1H3,(H,15,17). The molecule has 0 saturated heterocycles. The van der Waals surface area contributed by atoms with Gasteiger partial charge in [-0.15, -0.1) is 0 Å². The second-order valence-electron chi connectivity index (χ2n) is 4.63. The van der Waals surface area contributed by atoms with E-state index in [1.165, 1.54) is 5.56 Å². The SMILES string of the molecule is CCc1ccc(C(O)CNC(=O)C2CC2)cc1. The quantitative estimate of drug-likeness (QED) is 0.815. The summed E-state index contributed by atoms with van der Waals surface area (Å²) in [5.41, 5.74) is 2.11. The monoisotopic (exact) mass is 233 g/mol. The summed E-state index contributed by atoms with van der Waals surface area (Å²) in [5.74, 6) is 0.277. The molecule has 1 saturated carbocycles. The Balaban J connectivity index is 1.85. The van der Waals surface area contributed by atoms with Crippen LogP contribution in [0.15, 0.2) is 24.3 Å². The second-order valence-corrected chi connectivity index (χ2v) is 4.63. The minimum Gasteiger partial charge on any atom is -0.387 e. The number of nitrogens with one attached hydrogen (secondary N) is 1. The van der Waals surface area contributed by atoms with Gasteiger partial charge in [-0.1, -0.05) is 31.2 Å². The van der Waals surface area contributed by atoms with Crippen molar-refractivity contribution in [1.29, 1.82) is 0 Å². The van der Waals surface area contributed by atoms with Gasteiger partial charge >= 0.3 is 0 Å². The Labute approximate surface area is 102 Å². The largest absolute Gasteiger partial charge is 0.387 e. The van der Waals surface area contributed by atoms with Crippen molar-refractivity contribution in [3.05, 3.63) is 35.4 Å². The molecule has 0 spiro atoms. The highest BCUT2D eigenvalue weighted by Gasteiger charge is 2.29. The Bertz CT molecular complexity index is 382. The molecule has 17 heavy (non-hydrogen) atoms. The van der Waals surface area contributed by atoms with Crippen LogP contribution in [0.25, 0.3) is 0 Å². The highest BCUT2D eigenvalue weighted by Crippen LogP contribution is 2.28. The molecule has 2 rings (SSSR count). The van der Waals surface area contributed by atoms with Gasteiger partial charge in [-0.3, -0.25) is 4.79 Å². The summed E-state index contributed by atoms with van der Waals surface area (Å²) in [6.07, 6.45) is 2.37. The topological polar surface area (TPSA) is 49.3 Å². The van der Waals surface area contributed by atoms with Gasteiger partial charge < -0.3 is 10.4 Å². The summed E-state index contributed by atoms with van der Waals surface area (Å²) in [5, 5.41) is 12.7. The number of aliphatic hydroxyl groups is 1. The first-order chi connectivity index (χ1) is 8.20. The minimum atomic E-state index is -0.608. The van der Waals surface area contributed by atoms with Crippen LogP contribution in [0.4, 0.5) is 0 Å². The summed E-state index contributed by atoms with van der Waals surface area (Å²) >= 11 is 0. The molecule has 0 aliphatic heterocycles. The van der Waals surface area contributed by atoms with E-state index in [2.05, 4.69) is 12.2 Å². The zero-order chi connectivity index (χ0) is 12.3. The highest BCUT2D eigenvalue weighted by atomic mass is 16.3. The van der Waals surface area contributed by atoms with Crippen LogP contribution in [-0.4, -0.2) is 17.6 Å². The third kappa shape index (κ3) is 3.30. The second kappa shape index (κ2) is 5.32. The highest BCUT2D eigenvalue weighted by molar-refractivity contribution is 5.80. The number of carbonyl (C=O) groups excluding carboxylic acids is 1. The number of benzene rings is 1. The van der Waals surface area contributed by atoms with Gasteiger partial charge in [-0.05, 0) is 30.4 Å². The van der Waals surface area contributed by atoms with Crippen LogP contribution in [0.3, 0.4) is 0 Å². The van der Waals surface area contributed by atoms with Gasteiger partial charge in [0.25, 0.3) is 0 Å². The lowest BCUT2D eigenvalue weighted by Crippen LogP contribution is -2.29. The predicted octanol–water partition coefficient (Wildman–Crippen LogP) is 1.81. The van der Waals surface area contributed by atoms with Crippen molar-refractivity contribution in [2.24, 2.45) is 5.92 Å². The molecule has 1 aliphatic carbocycles. The van der Waals surface area contributed by atoms with E-state index in [1.54, 1.807) is 0 Å². The molecule has 3 nitrogen and oxygen atoms in total. The zero-order valence-corrected chi connectivity index (χ0v) is 10.1. The number of aliphatic hydroxyl groups excluding tert-OH is 1. The fourth-order valence-electron chi connectivity index (χ4n) is 1.78. The van der Waals surface area contributed by atoms with Crippen LogP contribution < -0.4 is 5.32 Å². The Hall–Kier alpha value is -1.35. The van der Waals surface area contributed by atoms with Crippen molar-refractivity contribution in [2.75, 3.05) is 6.54 Å². The molecule has 1 aromatic rings. The van der Waals surface area contributed by atoms with Crippen LogP contribution in [0, 0.1) is 5.92 Å². The summed E-state index contributed by atoms with van der Waals surface area (Å²) in [4.78, 5) is 11.4. The molecule has 2 N–H and O–H groups in total. The van der Waals surface area contributed by atoms with E-state index < -0.39 is 6.10 Å². The van der Waals surface area contributed by atoms with Crippen LogP contribution in [0.2, 0.25) is 0 Å². The van der Waals surface area contributed by atoms with E-state index in [9.17, 15) is 9.90 Å². The molecule has 1 atom stereocenters. The molecule has 0 radical (unpaired) electrons. The van der Waals surface area contributed by atoms with Gasteiger partial charge in [0.05, 0.1) is 6.10 Å². The van der Waals surface area contributed by atoms with Gasteiger partial charge in [0.2, 0.25) is 5.91 Å². The summed E-state index contributed by atoms with van der Waals surface area (Å²) in [6, 6.07) is 7.88. The Morgan fingerprint density at radius 2 is 2.06 bits per heavy atom. The molecule has 1 unspecified atom stereocenters. The van der Waals surface area contributed by atoms with Crippen molar-refractivity contribution >= 4 is 5.91 Å². The molecule has 1 amide bonds. The van der Waals surface area contributed by atoms with Crippen LogP contribution in [-0.2, 0) is 11.2 Å². The van der Waals surface area contributed by atoms with Crippen LogP contribution in [0.5, 0.6) is 0 Å². The smallest absolute Gasteiger partial charge is 0.223 e. The molecular formula is C14H19NO2. The van der Waals surface area contributed by atoms with Crippen molar-refractivity contribution in [3.8, 4) is 0 Å². The molecule has 92 valence electrons. The first-order valence-electron chi connectivity index (χ1n) is 6.25. The first-order valence-corrected chi connectivity index (χ1v) is 6.25. The Morgan fingerprint density at radius 1 is 1.41 bits per heavy atom. The lowest BCUT2D eigenvalue weighted by molar-refractivity contribution is -0.122. The maximum absolute atomic E-state index is 11.4. The lowest BCUT2D eigenvalue weighted by atomic mass is 10.1. The van der Waals surface area contributed by atoms with Crippen molar-refractivity contribution in [3.63, 3.8) is 0 Å². The number of hydrogen-bond donors (Lipinski definition) is 2. The third-order valence-electron chi connectivity index (χ3n) is 3.19. The van der Waals surface area contributed by atoms with Crippen LogP contribution in [0.1, 0.15) is 37.0 Å². The van der Waals surface area contributed by atoms with E-state index >= 15 is 0 Å². The normalized spacial score (nSPS) is 16.6. The van der Waals surface area contributed by atoms with Crippen molar-refractivity contribution in [1.82, 2.24) is 5.32 Å². The molecule has 1 fully saturated rings. The van der Waals surface area contributed by atoms with Crippen molar-refractivity contribution in [2.45, 2.75) is 32.3 Å². The number of carbonyl (C=O) groups is 1. The maximum Gasteiger partial charge on any atom is 0.223 e. The van der Waals surface area contributed by atoms with Gasteiger partial charge in [0.1, 0.15) is 0 Å². The average molecular weight is 233 g/mol. The lowest BCUT2D eigenvalue weighted by Gasteiger charge is -2.12. The minimum absolute atomic E-state index is 0.0780. The van der Waals surface area contributed by atoms with Crippen LogP contribution >= 0.6 is 0 Å². The fraction of sp³-hybridized carbons (Fsp3) is 0.500. The molecule has 3 heteroatoms. The average Bonchev–Trinajstić information content (AvgIpc) is 3.20. The number of aryl methyl sites for hydroxylation is 1. The number of rotatable bonds is 5. The zero-order valence-electron chi connectivity index (χ0n) is 10.1. The number of amides is 1. The summed E-state index contributed by atoms with van der Waals surface area (Å²) in [7, 11) is 0. The van der Waals surface area contributed by atoms with Gasteiger partial charge in [-0.2, -0.15) is 0 Å². The Kier molecular flexibility index (Phi) is 3.79. The number of hydrogen-bond acceptors (Lipinski definition) is 2. The molecule has 1 aliphatic rings. The predicted molar refractivity (Wildman–Crippen MR) is 66.5 cm³/mol. The van der Waals surface area contributed by atoms with Gasteiger partial charge in [-0.25, -0.2) is 0 Å². The van der Waals surface area contributed by atoms with E-state index in [1.807, 2.05) is 24.3 Å². The molecule has 1 aromatic carbocycles. The Morgan fingerprint density at radius 3 is 2.59 bits per heavy atom. The molecular weight excluding hydrogens is 214 g/mol. The van der Waals surface area contributed by atoms with E-state index in [-0.39, 0.29) is 11.8 Å². The van der Waals surface area contributed by atoms with Gasteiger partial charge in [0, 0.05) is 12.5 Å². The van der Waals surface area contributed by atoms with Crippen molar-refractivity contribution < 1.29 is 9.90 Å². The maximum atomic E-state index is 11.4. The molecule has 0 heterocycles. The fourth-order valence-corrected chi connectivity index (χ4v) is 1.78. The molecule has 0 bridgehead atoms. The van der Waals surface area contributed by atoms with Gasteiger partial charge in [0.15, 0.2) is 0 Å². The molecule has 0 aromatic heterocycles. The van der Waals surface area contributed by atoms with E-state index in [0.717, 1.165) is 24.8 Å². The van der Waals surface area contributed by atoms with E-state index in [4.69, 9.17) is 0 Å². The van der Waals surface area contributed by atoms with E-state index in [0.29, 0.717) is 6.54 Å².